The fourth-order valence-corrected chi connectivity index (χ4v) is 4.37. The molecule has 0 bridgehead atoms. The van der Waals surface area contributed by atoms with E-state index in [0.717, 1.165) is 4.90 Å². The van der Waals surface area contributed by atoms with Gasteiger partial charge in [0.1, 0.15) is 0 Å². The van der Waals surface area contributed by atoms with E-state index in [1.54, 1.807) is 13.0 Å². The second kappa shape index (κ2) is 10.7. The molecule has 0 aliphatic carbocycles. The number of nitrogens with zero attached hydrogens (tertiary/aromatic N) is 2. The molecule has 0 saturated carbocycles. The second-order valence-corrected chi connectivity index (χ2v) is 8.37. The number of carbonyl (C=O) groups is 3. The molecule has 3 rings (SSSR count). The second-order valence-electron chi connectivity index (χ2n) is 6.56. The molecule has 0 spiro atoms. The lowest BCUT2D eigenvalue weighted by atomic mass is 10.1. The number of para-hydroxylation sites is 1. The number of benzene rings is 2. The number of rotatable bonds is 8. The van der Waals surface area contributed by atoms with E-state index in [0.29, 0.717) is 17.3 Å². The van der Waals surface area contributed by atoms with Crippen LogP contribution in [-0.2, 0) is 20.9 Å². The van der Waals surface area contributed by atoms with Crippen LogP contribution in [0.3, 0.4) is 0 Å². The summed E-state index contributed by atoms with van der Waals surface area (Å²) in [5.41, 5.74) is 0.474. The number of halogens is 2. The lowest BCUT2D eigenvalue weighted by Gasteiger charge is -2.12. The van der Waals surface area contributed by atoms with Gasteiger partial charge >= 0.3 is 5.97 Å². The first kappa shape index (κ1) is 24.6. The molecular weight excluding hydrogens is 495 g/mol. The Labute approximate surface area is 202 Å². The van der Waals surface area contributed by atoms with Gasteiger partial charge < -0.3 is 9.47 Å². The number of nitro groups is 1. The highest BCUT2D eigenvalue weighted by molar-refractivity contribution is 8.18. The Bertz CT molecular complexity index is 1150. The topological polar surface area (TPSA) is 116 Å². The number of amides is 2. The maximum absolute atomic E-state index is 12.8. The van der Waals surface area contributed by atoms with Crippen LogP contribution in [0, 0.1) is 10.1 Å². The first-order chi connectivity index (χ1) is 15.7. The van der Waals surface area contributed by atoms with Crippen LogP contribution in [0.4, 0.5) is 10.5 Å². The number of imide groups is 1. The normalized spacial score (nSPS) is 14.6. The summed E-state index contributed by atoms with van der Waals surface area (Å²) >= 11 is 13.1. The molecule has 1 aliphatic heterocycles. The van der Waals surface area contributed by atoms with Crippen LogP contribution in [0.25, 0.3) is 6.08 Å². The maximum atomic E-state index is 12.8. The van der Waals surface area contributed by atoms with Crippen LogP contribution >= 0.6 is 35.0 Å². The minimum Gasteiger partial charge on any atom is -0.479 e. The first-order valence-electron chi connectivity index (χ1n) is 9.46. The first-order valence-corrected chi connectivity index (χ1v) is 11.0. The molecule has 9 nitrogen and oxygen atoms in total. The Balaban J connectivity index is 1.79. The number of hydrogen-bond acceptors (Lipinski definition) is 8. The Morgan fingerprint density at radius 2 is 1.88 bits per heavy atom. The van der Waals surface area contributed by atoms with E-state index < -0.39 is 22.0 Å². The van der Waals surface area contributed by atoms with E-state index in [4.69, 9.17) is 32.7 Å². The zero-order valence-corrected chi connectivity index (χ0v) is 19.4. The van der Waals surface area contributed by atoms with Gasteiger partial charge in [-0.25, -0.2) is 4.79 Å². The van der Waals surface area contributed by atoms with E-state index in [-0.39, 0.29) is 51.7 Å². The van der Waals surface area contributed by atoms with Gasteiger partial charge in [-0.2, -0.15) is 0 Å². The van der Waals surface area contributed by atoms with Gasteiger partial charge in [0.15, 0.2) is 12.4 Å². The minimum atomic E-state index is -0.599. The number of thioether (sulfide) groups is 1. The highest BCUT2D eigenvalue weighted by atomic mass is 35.5. The molecule has 1 aliphatic rings. The molecule has 2 aromatic rings. The lowest BCUT2D eigenvalue weighted by Crippen LogP contribution is -2.27. The number of esters is 1. The van der Waals surface area contributed by atoms with E-state index in [9.17, 15) is 24.5 Å². The summed E-state index contributed by atoms with van der Waals surface area (Å²) in [6.45, 7) is 1.25. The summed E-state index contributed by atoms with van der Waals surface area (Å²) in [6.07, 6.45) is 1.43. The van der Waals surface area contributed by atoms with Gasteiger partial charge in [0, 0.05) is 11.6 Å². The summed E-state index contributed by atoms with van der Waals surface area (Å²) in [4.78, 5) is 48.3. The summed E-state index contributed by atoms with van der Waals surface area (Å²) in [7, 11) is 0. The zero-order valence-electron chi connectivity index (χ0n) is 17.1. The predicted molar refractivity (Wildman–Crippen MR) is 123 cm³/mol. The van der Waals surface area contributed by atoms with Gasteiger partial charge in [-0.1, -0.05) is 41.4 Å². The zero-order chi connectivity index (χ0) is 24.1. The van der Waals surface area contributed by atoms with Crippen molar-refractivity contribution < 1.29 is 28.8 Å². The van der Waals surface area contributed by atoms with Crippen LogP contribution < -0.4 is 4.74 Å². The molecule has 2 amide bonds. The molecule has 1 heterocycles. The van der Waals surface area contributed by atoms with Gasteiger partial charge in [0.2, 0.25) is 0 Å². The van der Waals surface area contributed by atoms with Gasteiger partial charge in [-0.15, -0.1) is 0 Å². The third-order valence-corrected chi connectivity index (χ3v) is 5.82. The Morgan fingerprint density at radius 3 is 2.52 bits per heavy atom. The summed E-state index contributed by atoms with van der Waals surface area (Å²) < 4.78 is 10.1. The third kappa shape index (κ3) is 5.84. The maximum Gasteiger partial charge on any atom is 0.344 e. The van der Waals surface area contributed by atoms with E-state index >= 15 is 0 Å². The van der Waals surface area contributed by atoms with Crippen molar-refractivity contribution in [2.24, 2.45) is 0 Å². The summed E-state index contributed by atoms with van der Waals surface area (Å²) in [5.74, 6) is -1.10. The predicted octanol–water partition coefficient (Wildman–Crippen LogP) is 5.08. The SMILES string of the molecule is CCOC(=O)COc1c(Cl)cc(/C=C2/SC(=O)N(Cc3ccccc3[N+](=O)[O-])C2=O)cc1Cl. The molecule has 0 aromatic heterocycles. The molecule has 12 heteroatoms. The summed E-state index contributed by atoms with van der Waals surface area (Å²) in [6, 6.07) is 8.81. The Hall–Kier alpha value is -3.08. The quantitative estimate of drug-likeness (QED) is 0.209. The highest BCUT2D eigenvalue weighted by Gasteiger charge is 2.36. The van der Waals surface area contributed by atoms with Gasteiger partial charge in [0.25, 0.3) is 16.8 Å². The Morgan fingerprint density at radius 1 is 1.21 bits per heavy atom. The average Bonchev–Trinajstić information content (AvgIpc) is 3.01. The average molecular weight is 511 g/mol. The lowest BCUT2D eigenvalue weighted by molar-refractivity contribution is -0.385. The molecule has 1 fully saturated rings. The molecule has 0 N–H and O–H groups in total. The molecule has 1 saturated heterocycles. The number of hydrogen-bond donors (Lipinski definition) is 0. The van der Waals surface area contributed by atoms with Crippen molar-refractivity contribution in [2.45, 2.75) is 13.5 Å². The number of ether oxygens (including phenoxy) is 2. The molecule has 0 radical (unpaired) electrons. The van der Waals surface area contributed by atoms with Gasteiger partial charge in [-0.05, 0) is 42.5 Å². The fraction of sp³-hybridized carbons (Fsp3) is 0.190. The van der Waals surface area contributed by atoms with Crippen molar-refractivity contribution in [3.8, 4) is 5.75 Å². The van der Waals surface area contributed by atoms with E-state index in [1.807, 2.05) is 0 Å². The van der Waals surface area contributed by atoms with Crippen molar-refractivity contribution in [3.05, 3.63) is 72.6 Å². The molecule has 2 aromatic carbocycles. The summed E-state index contributed by atoms with van der Waals surface area (Å²) in [5, 5.41) is 10.8. The van der Waals surface area contributed by atoms with Crippen molar-refractivity contribution >= 4 is 63.8 Å². The van der Waals surface area contributed by atoms with Crippen LogP contribution in [0.5, 0.6) is 5.75 Å². The minimum absolute atomic E-state index is 0.0769. The highest BCUT2D eigenvalue weighted by Crippen LogP contribution is 2.38. The Kier molecular flexibility index (Phi) is 7.96. The van der Waals surface area contributed by atoms with Crippen molar-refractivity contribution in [3.63, 3.8) is 0 Å². The van der Waals surface area contributed by atoms with Crippen molar-refractivity contribution in [1.82, 2.24) is 4.90 Å². The molecule has 0 atom stereocenters. The number of carbonyl (C=O) groups excluding carboxylic acids is 3. The molecule has 33 heavy (non-hydrogen) atoms. The monoisotopic (exact) mass is 510 g/mol. The van der Waals surface area contributed by atoms with Gasteiger partial charge in [0.05, 0.1) is 33.0 Å². The van der Waals surface area contributed by atoms with Crippen LogP contribution in [0.2, 0.25) is 10.0 Å². The molecular formula is C21H16Cl2N2O7S. The number of nitro benzene ring substituents is 1. The van der Waals surface area contributed by atoms with E-state index in [2.05, 4.69) is 0 Å². The van der Waals surface area contributed by atoms with Gasteiger partial charge in [-0.3, -0.25) is 24.6 Å². The van der Waals surface area contributed by atoms with Crippen molar-refractivity contribution in [1.29, 1.82) is 0 Å². The van der Waals surface area contributed by atoms with Crippen LogP contribution in [-0.4, -0.2) is 40.2 Å². The standard InChI is InChI=1S/C21H16Cl2N2O7S/c1-2-31-18(26)11-32-19-14(22)7-12(8-15(19)23)9-17-20(27)24(21(28)33-17)10-13-5-3-4-6-16(13)25(29)30/h3-9H,2,10-11H2,1H3/b17-9+. The molecule has 172 valence electrons. The largest absolute Gasteiger partial charge is 0.479 e. The molecule has 0 unspecified atom stereocenters. The fourth-order valence-electron chi connectivity index (χ4n) is 2.92. The van der Waals surface area contributed by atoms with Crippen LogP contribution in [0.1, 0.15) is 18.1 Å². The van der Waals surface area contributed by atoms with E-state index in [1.165, 1.54) is 36.4 Å². The third-order valence-electron chi connectivity index (χ3n) is 4.35. The smallest absolute Gasteiger partial charge is 0.344 e. The van der Waals surface area contributed by atoms with Crippen LogP contribution in [0.15, 0.2) is 41.3 Å². The van der Waals surface area contributed by atoms with Crippen molar-refractivity contribution in [2.75, 3.05) is 13.2 Å².